The minimum Gasteiger partial charge on any atom is -0.457 e. The van der Waals surface area contributed by atoms with Gasteiger partial charge in [-0.2, -0.15) is 0 Å². The molecule has 0 saturated carbocycles. The van der Waals surface area contributed by atoms with Crippen molar-refractivity contribution in [3.63, 3.8) is 0 Å². The van der Waals surface area contributed by atoms with Crippen LogP contribution in [0.25, 0.3) is 11.0 Å². The van der Waals surface area contributed by atoms with Crippen LogP contribution in [-0.4, -0.2) is 5.11 Å². The lowest BCUT2D eigenvalue weighted by molar-refractivity contribution is 0.140. The van der Waals surface area contributed by atoms with Crippen LogP contribution in [0, 0.1) is 0 Å². The van der Waals surface area contributed by atoms with Crippen LogP contribution in [0.1, 0.15) is 38.1 Å². The van der Waals surface area contributed by atoms with E-state index in [1.165, 1.54) is 0 Å². The Hall–Kier alpha value is -0.990. The molecule has 2 nitrogen and oxygen atoms in total. The Kier molecular flexibility index (Phi) is 3.52. The van der Waals surface area contributed by atoms with Gasteiger partial charge in [0.2, 0.25) is 0 Å². The zero-order valence-electron chi connectivity index (χ0n) is 9.24. The summed E-state index contributed by atoms with van der Waals surface area (Å²) in [6, 6.07) is 7.46. The second-order valence-electron chi connectivity index (χ2n) is 3.96. The molecule has 0 bridgehead atoms. The first kappa shape index (κ1) is 11.5. The van der Waals surface area contributed by atoms with Crippen molar-refractivity contribution in [3.8, 4) is 0 Å². The highest BCUT2D eigenvalue weighted by Gasteiger charge is 2.13. The number of rotatable bonds is 4. The highest BCUT2D eigenvalue weighted by atomic mass is 35.5. The van der Waals surface area contributed by atoms with Crippen LogP contribution in [0.15, 0.2) is 28.7 Å². The molecular formula is C13H15ClO2. The molecule has 0 aliphatic rings. The van der Waals surface area contributed by atoms with Gasteiger partial charge in [-0.3, -0.25) is 0 Å². The van der Waals surface area contributed by atoms with Gasteiger partial charge in [-0.1, -0.05) is 43.5 Å². The summed E-state index contributed by atoms with van der Waals surface area (Å²) in [5.74, 6) is 0.608. The standard InChI is InChI=1S/C13H15ClO2/c1-2-3-7-11(15)12-8-9-5-4-6-10(14)13(9)16-12/h4-6,8,11,15H,2-3,7H2,1H3. The molecule has 1 aromatic carbocycles. The van der Waals surface area contributed by atoms with Crippen molar-refractivity contribution in [1.82, 2.24) is 0 Å². The van der Waals surface area contributed by atoms with Crippen molar-refractivity contribution in [2.24, 2.45) is 0 Å². The summed E-state index contributed by atoms with van der Waals surface area (Å²) >= 11 is 6.00. The number of para-hydroxylation sites is 1. The van der Waals surface area contributed by atoms with Gasteiger partial charge in [0.05, 0.1) is 5.02 Å². The molecule has 0 saturated heterocycles. The lowest BCUT2D eigenvalue weighted by atomic mass is 10.1. The Morgan fingerprint density at radius 3 is 2.94 bits per heavy atom. The third kappa shape index (κ3) is 2.23. The predicted molar refractivity (Wildman–Crippen MR) is 65.7 cm³/mol. The van der Waals surface area contributed by atoms with Gasteiger partial charge >= 0.3 is 0 Å². The number of aliphatic hydroxyl groups is 1. The molecular weight excluding hydrogens is 224 g/mol. The summed E-state index contributed by atoms with van der Waals surface area (Å²) in [6.07, 6.45) is 2.26. The summed E-state index contributed by atoms with van der Waals surface area (Å²) in [7, 11) is 0. The maximum Gasteiger partial charge on any atom is 0.152 e. The van der Waals surface area contributed by atoms with Crippen molar-refractivity contribution in [2.45, 2.75) is 32.3 Å². The third-order valence-corrected chi connectivity index (χ3v) is 2.97. The topological polar surface area (TPSA) is 33.4 Å². The molecule has 0 radical (unpaired) electrons. The molecule has 1 N–H and O–H groups in total. The van der Waals surface area contributed by atoms with E-state index in [0.717, 1.165) is 24.6 Å². The molecule has 2 rings (SSSR count). The van der Waals surface area contributed by atoms with Crippen LogP contribution >= 0.6 is 11.6 Å². The fraction of sp³-hybridized carbons (Fsp3) is 0.385. The van der Waals surface area contributed by atoms with Gasteiger partial charge in [0.1, 0.15) is 11.9 Å². The lowest BCUT2D eigenvalue weighted by Gasteiger charge is -2.05. The average Bonchev–Trinajstić information content (AvgIpc) is 2.71. The molecule has 1 heterocycles. The summed E-state index contributed by atoms with van der Waals surface area (Å²) in [5.41, 5.74) is 0.662. The van der Waals surface area contributed by atoms with Crippen LogP contribution in [-0.2, 0) is 0 Å². The zero-order valence-corrected chi connectivity index (χ0v) is 10.00. The maximum atomic E-state index is 9.91. The SMILES string of the molecule is CCCCC(O)c1cc2cccc(Cl)c2o1. The number of benzene rings is 1. The second-order valence-corrected chi connectivity index (χ2v) is 4.37. The lowest BCUT2D eigenvalue weighted by Crippen LogP contribution is -1.94. The number of aliphatic hydroxyl groups excluding tert-OH is 1. The minimum absolute atomic E-state index is 0.525. The van der Waals surface area contributed by atoms with Crippen molar-refractivity contribution in [2.75, 3.05) is 0 Å². The van der Waals surface area contributed by atoms with Crippen LogP contribution in [0.3, 0.4) is 0 Å². The average molecular weight is 239 g/mol. The van der Waals surface area contributed by atoms with E-state index in [9.17, 15) is 5.11 Å². The van der Waals surface area contributed by atoms with E-state index < -0.39 is 6.10 Å². The number of halogens is 1. The highest BCUT2D eigenvalue weighted by Crippen LogP contribution is 2.30. The van der Waals surface area contributed by atoms with Gasteiger partial charge in [-0.25, -0.2) is 0 Å². The van der Waals surface area contributed by atoms with Crippen molar-refractivity contribution >= 4 is 22.6 Å². The quantitative estimate of drug-likeness (QED) is 0.861. The van der Waals surface area contributed by atoms with Gasteiger partial charge < -0.3 is 9.52 Å². The number of hydrogen-bond acceptors (Lipinski definition) is 2. The Bertz CT molecular complexity index is 476. The summed E-state index contributed by atoms with van der Waals surface area (Å²) in [4.78, 5) is 0. The van der Waals surface area contributed by atoms with Gasteiger partial charge in [-0.05, 0) is 18.6 Å². The van der Waals surface area contributed by atoms with E-state index in [4.69, 9.17) is 16.0 Å². The smallest absolute Gasteiger partial charge is 0.152 e. The Morgan fingerprint density at radius 2 is 2.25 bits per heavy atom. The van der Waals surface area contributed by atoms with Gasteiger partial charge in [0, 0.05) is 5.39 Å². The van der Waals surface area contributed by atoms with Crippen LogP contribution < -0.4 is 0 Å². The van der Waals surface area contributed by atoms with Crippen molar-refractivity contribution in [3.05, 3.63) is 35.0 Å². The van der Waals surface area contributed by atoms with E-state index in [2.05, 4.69) is 6.92 Å². The first-order chi connectivity index (χ1) is 7.72. The summed E-state index contributed by atoms with van der Waals surface area (Å²) in [5, 5.41) is 11.4. The Labute approximate surface area is 99.8 Å². The number of furan rings is 1. The molecule has 2 aromatic rings. The molecule has 1 aromatic heterocycles. The third-order valence-electron chi connectivity index (χ3n) is 2.67. The van der Waals surface area contributed by atoms with E-state index in [-0.39, 0.29) is 0 Å². The van der Waals surface area contributed by atoms with Gasteiger partial charge in [0.15, 0.2) is 5.58 Å². The van der Waals surface area contributed by atoms with E-state index in [1.54, 1.807) is 6.07 Å². The maximum absolute atomic E-state index is 9.91. The number of hydrogen-bond donors (Lipinski definition) is 1. The molecule has 1 unspecified atom stereocenters. The van der Waals surface area contributed by atoms with Crippen molar-refractivity contribution < 1.29 is 9.52 Å². The normalized spacial score (nSPS) is 13.2. The molecule has 1 atom stereocenters. The summed E-state index contributed by atoms with van der Waals surface area (Å²) in [6.45, 7) is 2.10. The monoisotopic (exact) mass is 238 g/mol. The molecule has 0 spiro atoms. The Morgan fingerprint density at radius 1 is 1.44 bits per heavy atom. The number of unbranched alkanes of at least 4 members (excludes halogenated alkanes) is 1. The fourth-order valence-electron chi connectivity index (χ4n) is 1.75. The first-order valence-corrected chi connectivity index (χ1v) is 5.96. The van der Waals surface area contributed by atoms with E-state index in [1.807, 2.05) is 18.2 Å². The van der Waals surface area contributed by atoms with Crippen LogP contribution in [0.4, 0.5) is 0 Å². The minimum atomic E-state index is -0.525. The van der Waals surface area contributed by atoms with Crippen molar-refractivity contribution in [1.29, 1.82) is 0 Å². The van der Waals surface area contributed by atoms with Gasteiger partial charge in [-0.15, -0.1) is 0 Å². The van der Waals surface area contributed by atoms with Gasteiger partial charge in [0.25, 0.3) is 0 Å². The van der Waals surface area contributed by atoms with Crippen LogP contribution in [0.2, 0.25) is 5.02 Å². The van der Waals surface area contributed by atoms with E-state index >= 15 is 0 Å². The largest absolute Gasteiger partial charge is 0.457 e. The first-order valence-electron chi connectivity index (χ1n) is 5.58. The summed E-state index contributed by atoms with van der Waals surface area (Å²) < 4.78 is 5.58. The van der Waals surface area contributed by atoms with E-state index in [0.29, 0.717) is 16.4 Å². The molecule has 0 aliphatic carbocycles. The fourth-order valence-corrected chi connectivity index (χ4v) is 1.97. The molecule has 0 aliphatic heterocycles. The Balaban J connectivity index is 2.29. The highest BCUT2D eigenvalue weighted by molar-refractivity contribution is 6.34. The molecule has 0 fully saturated rings. The molecule has 16 heavy (non-hydrogen) atoms. The predicted octanol–water partition coefficient (Wildman–Crippen LogP) is 4.31. The molecule has 86 valence electrons. The molecule has 3 heteroatoms. The molecule has 0 amide bonds. The number of fused-ring (bicyclic) bond motifs is 1. The zero-order chi connectivity index (χ0) is 11.5. The second kappa shape index (κ2) is 4.89. The van der Waals surface area contributed by atoms with Crippen LogP contribution in [0.5, 0.6) is 0 Å².